The molecule has 376 valence electrons. The van der Waals surface area contributed by atoms with E-state index in [0.29, 0.717) is 23.9 Å². The van der Waals surface area contributed by atoms with Gasteiger partial charge in [-0.25, -0.2) is 0 Å². The maximum atomic E-state index is 12.7. The number of nitrogens with zero attached hydrogens (tertiary/aromatic N) is 1. The highest BCUT2D eigenvalue weighted by atomic mass is 31.2. The van der Waals surface area contributed by atoms with Gasteiger partial charge in [0.2, 0.25) is 0 Å². The summed E-state index contributed by atoms with van der Waals surface area (Å²) in [6, 6.07) is 0. The Hall–Kier alpha value is -2.67. The number of quaternary nitrogens is 1. The van der Waals surface area contributed by atoms with Crippen molar-refractivity contribution in [1.29, 1.82) is 0 Å². The first-order valence-corrected chi connectivity index (χ1v) is 26.4. The highest BCUT2D eigenvalue weighted by molar-refractivity contribution is 7.45. The summed E-state index contributed by atoms with van der Waals surface area (Å²) in [4.78, 5) is 37.7. The zero-order valence-corrected chi connectivity index (χ0v) is 42.1. The van der Waals surface area contributed by atoms with Gasteiger partial charge in [-0.05, 0) is 57.8 Å². The van der Waals surface area contributed by atoms with Crippen LogP contribution in [0.25, 0.3) is 0 Å². The standard InChI is InChI=1S/C52H92NO11P/c1-6-8-10-11-12-13-14-15-16-17-18-19-20-21-22-23-24-25-26-31-35-41-52(58)64-48(46-63-65(59,60)62-44-43-53(3,4)5)45-61-51(57)42-36-40-50(56)49(55)39-34-30-28-27-29-33-38-47(54)37-32-9-7-2/h9,15-16,27-30,32-34,38-39,47-50,54-56H,6-8,10-14,17-26,31,35-37,40-46H2,1-5H3/b16-15-,29-27+,30-28-,32-9-,38-33+,39-34-/t47-,48-,49+,50+/m1/s1. The fourth-order valence-corrected chi connectivity index (χ4v) is 7.25. The lowest BCUT2D eigenvalue weighted by Gasteiger charge is -2.28. The number of hydrogen-bond donors (Lipinski definition) is 3. The van der Waals surface area contributed by atoms with E-state index in [0.717, 1.165) is 25.7 Å². The van der Waals surface area contributed by atoms with Crippen molar-refractivity contribution in [3.05, 3.63) is 72.9 Å². The average Bonchev–Trinajstić information content (AvgIpc) is 3.25. The molecular weight excluding hydrogens is 846 g/mol. The zero-order chi connectivity index (χ0) is 48.3. The average molecular weight is 938 g/mol. The molecule has 5 atom stereocenters. The Labute approximate surface area is 395 Å². The first kappa shape index (κ1) is 62.3. The Morgan fingerprint density at radius 2 is 1.14 bits per heavy atom. The number of rotatable bonds is 44. The highest BCUT2D eigenvalue weighted by Crippen LogP contribution is 2.38. The highest BCUT2D eigenvalue weighted by Gasteiger charge is 2.22. The number of allylic oxidation sites excluding steroid dienone is 9. The third-order valence-corrected chi connectivity index (χ3v) is 11.5. The smallest absolute Gasteiger partial charge is 0.306 e. The van der Waals surface area contributed by atoms with E-state index in [1.165, 1.54) is 102 Å². The predicted octanol–water partition coefficient (Wildman–Crippen LogP) is 10.9. The van der Waals surface area contributed by atoms with E-state index >= 15 is 0 Å². The topological polar surface area (TPSA) is 172 Å². The number of unbranched alkanes of at least 4 members (excludes halogenated alkanes) is 17. The maximum absolute atomic E-state index is 12.7. The second kappa shape index (κ2) is 42.7. The molecule has 0 spiro atoms. The van der Waals surface area contributed by atoms with Gasteiger partial charge in [0.1, 0.15) is 19.8 Å². The number of ether oxygens (including phenoxy) is 2. The quantitative estimate of drug-likeness (QED) is 0.0133. The summed E-state index contributed by atoms with van der Waals surface area (Å²) in [6.07, 6.45) is 43.1. The molecule has 1 unspecified atom stereocenters. The number of esters is 2. The summed E-state index contributed by atoms with van der Waals surface area (Å²) in [5, 5.41) is 30.5. The molecule has 0 aromatic rings. The van der Waals surface area contributed by atoms with Crippen molar-refractivity contribution in [1.82, 2.24) is 0 Å². The van der Waals surface area contributed by atoms with Crippen LogP contribution in [0, 0.1) is 0 Å². The van der Waals surface area contributed by atoms with Gasteiger partial charge in [-0.2, -0.15) is 0 Å². The summed E-state index contributed by atoms with van der Waals surface area (Å²) >= 11 is 0. The number of carbonyl (C=O) groups excluding carboxylic acids is 2. The molecule has 0 aliphatic carbocycles. The van der Waals surface area contributed by atoms with Gasteiger partial charge in [-0.1, -0.05) is 177 Å². The van der Waals surface area contributed by atoms with Crippen molar-refractivity contribution >= 4 is 19.8 Å². The molecule has 65 heavy (non-hydrogen) atoms. The first-order valence-electron chi connectivity index (χ1n) is 25.0. The van der Waals surface area contributed by atoms with E-state index in [2.05, 4.69) is 19.1 Å². The zero-order valence-electron chi connectivity index (χ0n) is 41.2. The van der Waals surface area contributed by atoms with Crippen LogP contribution in [0.2, 0.25) is 0 Å². The third kappa shape index (κ3) is 44.9. The van der Waals surface area contributed by atoms with E-state index in [1.54, 1.807) is 42.5 Å². The van der Waals surface area contributed by atoms with E-state index in [9.17, 15) is 34.4 Å². The summed E-state index contributed by atoms with van der Waals surface area (Å²) in [5.41, 5.74) is 0. The molecule has 0 radical (unpaired) electrons. The van der Waals surface area contributed by atoms with Crippen LogP contribution < -0.4 is 4.89 Å². The molecule has 0 aliphatic rings. The largest absolute Gasteiger partial charge is 0.756 e. The number of phosphoric ester groups is 1. The number of likely N-dealkylation sites (N-methyl/N-ethyl adjacent to an activating group) is 1. The minimum Gasteiger partial charge on any atom is -0.756 e. The van der Waals surface area contributed by atoms with Crippen molar-refractivity contribution < 1.29 is 57.4 Å². The second-order valence-corrected chi connectivity index (χ2v) is 19.4. The predicted molar refractivity (Wildman–Crippen MR) is 263 cm³/mol. The Bertz CT molecular complexity index is 1390. The number of aliphatic hydroxyl groups is 3. The SMILES string of the molecule is CC/C=C\C[C@@H](O)/C=C/C=C/C=C\C=C/[C@H](O)[C@@H](O)CCCC(=O)OC[C@H](COP(=O)([O-])OCC[N+](C)(C)C)OC(=O)CCCCCCCCCCCCC/C=C\CCCCCCCC. The van der Waals surface area contributed by atoms with E-state index in [4.69, 9.17) is 18.5 Å². The van der Waals surface area contributed by atoms with Gasteiger partial charge in [-0.3, -0.25) is 14.2 Å². The normalized spacial score (nSPS) is 15.5. The van der Waals surface area contributed by atoms with Gasteiger partial charge >= 0.3 is 11.9 Å². The monoisotopic (exact) mass is 938 g/mol. The molecule has 0 bridgehead atoms. The lowest BCUT2D eigenvalue weighted by molar-refractivity contribution is -0.870. The van der Waals surface area contributed by atoms with Crippen LogP contribution in [0.3, 0.4) is 0 Å². The van der Waals surface area contributed by atoms with Crippen LogP contribution in [-0.2, 0) is 32.7 Å². The van der Waals surface area contributed by atoms with Gasteiger partial charge in [0.05, 0.1) is 46.1 Å². The van der Waals surface area contributed by atoms with Gasteiger partial charge in [0, 0.05) is 12.8 Å². The Balaban J connectivity index is 4.55. The van der Waals surface area contributed by atoms with Crippen LogP contribution in [0.5, 0.6) is 0 Å². The van der Waals surface area contributed by atoms with Crippen molar-refractivity contribution in [2.45, 2.75) is 199 Å². The number of carbonyl (C=O) groups is 2. The van der Waals surface area contributed by atoms with E-state index < -0.39 is 57.4 Å². The molecular formula is C52H92NO11P. The van der Waals surface area contributed by atoms with E-state index in [-0.39, 0.29) is 32.3 Å². The Morgan fingerprint density at radius 1 is 0.615 bits per heavy atom. The van der Waals surface area contributed by atoms with Gasteiger partial charge in [0.15, 0.2) is 6.10 Å². The molecule has 0 saturated carbocycles. The molecule has 0 aromatic carbocycles. The number of aliphatic hydroxyl groups excluding tert-OH is 3. The fourth-order valence-electron chi connectivity index (χ4n) is 6.52. The fraction of sp³-hybridized carbons (Fsp3) is 0.731. The maximum Gasteiger partial charge on any atom is 0.306 e. The van der Waals surface area contributed by atoms with Crippen molar-refractivity contribution in [3.8, 4) is 0 Å². The molecule has 0 heterocycles. The third-order valence-electron chi connectivity index (χ3n) is 10.6. The first-order chi connectivity index (χ1) is 31.2. The van der Waals surface area contributed by atoms with E-state index in [1.807, 2.05) is 40.2 Å². The summed E-state index contributed by atoms with van der Waals surface area (Å²) < 4.78 is 33.7. The van der Waals surface area contributed by atoms with Gasteiger partial charge < -0.3 is 43.2 Å². The molecule has 0 rings (SSSR count). The van der Waals surface area contributed by atoms with Crippen molar-refractivity contribution in [3.63, 3.8) is 0 Å². The Kier molecular flexibility index (Phi) is 40.9. The van der Waals surface area contributed by atoms with Gasteiger partial charge in [-0.15, -0.1) is 0 Å². The molecule has 0 amide bonds. The van der Waals surface area contributed by atoms with Crippen LogP contribution >= 0.6 is 7.82 Å². The minimum absolute atomic E-state index is 0.0811. The number of hydrogen-bond acceptors (Lipinski definition) is 11. The molecule has 13 heteroatoms. The van der Waals surface area contributed by atoms with Crippen LogP contribution in [0.15, 0.2) is 72.9 Å². The van der Waals surface area contributed by atoms with Crippen molar-refractivity contribution in [2.75, 3.05) is 47.5 Å². The summed E-state index contributed by atoms with van der Waals surface area (Å²) in [5.74, 6) is -1.17. The minimum atomic E-state index is -4.72. The summed E-state index contributed by atoms with van der Waals surface area (Å²) in [7, 11) is 0.968. The molecule has 0 aliphatic heterocycles. The molecule has 0 aromatic heterocycles. The molecule has 0 saturated heterocycles. The second-order valence-electron chi connectivity index (χ2n) is 18.0. The summed E-state index contributed by atoms with van der Waals surface area (Å²) in [6.45, 7) is 3.64. The lowest BCUT2D eigenvalue weighted by Crippen LogP contribution is -2.37. The Morgan fingerprint density at radius 3 is 1.71 bits per heavy atom. The molecule has 3 N–H and O–H groups in total. The van der Waals surface area contributed by atoms with Crippen molar-refractivity contribution in [2.24, 2.45) is 0 Å². The lowest BCUT2D eigenvalue weighted by atomic mass is 10.0. The number of phosphoric acid groups is 1. The van der Waals surface area contributed by atoms with Crippen LogP contribution in [-0.4, -0.2) is 104 Å². The van der Waals surface area contributed by atoms with Gasteiger partial charge in [0.25, 0.3) is 7.82 Å². The molecule has 12 nitrogen and oxygen atoms in total. The molecule has 0 fully saturated rings. The van der Waals surface area contributed by atoms with Crippen LogP contribution in [0.4, 0.5) is 0 Å². The van der Waals surface area contributed by atoms with Crippen LogP contribution in [0.1, 0.15) is 174 Å².